The van der Waals surface area contributed by atoms with Crippen molar-refractivity contribution in [2.45, 2.75) is 6.42 Å². The predicted molar refractivity (Wildman–Crippen MR) is 77.4 cm³/mol. The average Bonchev–Trinajstić information content (AvgIpc) is 2.84. The molecular formula is C12H12ClFN4OS. The van der Waals surface area contributed by atoms with Gasteiger partial charge in [-0.25, -0.2) is 15.2 Å². The Morgan fingerprint density at radius 2 is 2.25 bits per heavy atom. The van der Waals surface area contributed by atoms with Crippen molar-refractivity contribution in [3.8, 4) is 0 Å². The van der Waals surface area contributed by atoms with Crippen LogP contribution >= 0.6 is 22.9 Å². The fourth-order valence-corrected chi connectivity index (χ4v) is 2.69. The molecule has 0 bridgehead atoms. The Labute approximate surface area is 123 Å². The molecule has 0 aromatic carbocycles. The number of hydrazine groups is 1. The fourth-order valence-electron chi connectivity index (χ4n) is 1.60. The number of halogens is 2. The second-order valence-corrected chi connectivity index (χ2v) is 5.68. The van der Waals surface area contributed by atoms with Crippen molar-refractivity contribution in [1.29, 1.82) is 0 Å². The van der Waals surface area contributed by atoms with E-state index in [-0.39, 0.29) is 11.4 Å². The van der Waals surface area contributed by atoms with Gasteiger partial charge in [-0.1, -0.05) is 11.6 Å². The van der Waals surface area contributed by atoms with Crippen LogP contribution in [-0.4, -0.2) is 17.4 Å². The Hall–Kier alpha value is -1.70. The number of amides is 1. The number of nitrogen functional groups attached to an aromatic ring is 1. The first kappa shape index (κ1) is 14.7. The van der Waals surface area contributed by atoms with Crippen LogP contribution in [0.15, 0.2) is 24.4 Å². The molecule has 20 heavy (non-hydrogen) atoms. The average molecular weight is 315 g/mol. The molecule has 2 heterocycles. The number of pyridine rings is 1. The minimum absolute atomic E-state index is 0.0999. The molecule has 0 aliphatic carbocycles. The molecule has 0 atom stereocenters. The van der Waals surface area contributed by atoms with Crippen molar-refractivity contribution in [2.75, 3.05) is 12.0 Å². The number of carbonyl (C=O) groups excluding carboxylic acids is 1. The third-order valence-electron chi connectivity index (χ3n) is 2.56. The Kier molecular flexibility index (Phi) is 4.89. The summed E-state index contributed by atoms with van der Waals surface area (Å²) in [7, 11) is 0. The molecule has 0 spiro atoms. The normalized spacial score (nSPS) is 10.3. The van der Waals surface area contributed by atoms with Crippen LogP contribution in [0.2, 0.25) is 4.34 Å². The van der Waals surface area contributed by atoms with E-state index in [0.717, 1.165) is 4.88 Å². The maximum absolute atomic E-state index is 13.8. The standard InChI is InChI=1S/C12H12ClFN4OS/c13-9-2-1-7(20-9)3-5-17-12(19)8-4-6-16-11(18-15)10(8)14/h1-2,4,6H,3,5,15H2,(H,16,18)(H,17,19). The smallest absolute Gasteiger partial charge is 0.254 e. The van der Waals surface area contributed by atoms with E-state index in [2.05, 4.69) is 15.7 Å². The van der Waals surface area contributed by atoms with Gasteiger partial charge in [0.25, 0.3) is 5.91 Å². The molecule has 5 nitrogen and oxygen atoms in total. The highest BCUT2D eigenvalue weighted by Gasteiger charge is 2.15. The van der Waals surface area contributed by atoms with Crippen molar-refractivity contribution in [3.63, 3.8) is 0 Å². The third-order valence-corrected chi connectivity index (χ3v) is 3.85. The first-order valence-electron chi connectivity index (χ1n) is 5.75. The van der Waals surface area contributed by atoms with Gasteiger partial charge in [0.2, 0.25) is 0 Å². The molecule has 2 aromatic heterocycles. The van der Waals surface area contributed by atoms with Gasteiger partial charge < -0.3 is 10.7 Å². The van der Waals surface area contributed by atoms with Crippen molar-refractivity contribution >= 4 is 34.7 Å². The maximum Gasteiger partial charge on any atom is 0.254 e. The van der Waals surface area contributed by atoms with E-state index in [1.807, 2.05) is 6.07 Å². The van der Waals surface area contributed by atoms with E-state index in [4.69, 9.17) is 17.4 Å². The summed E-state index contributed by atoms with van der Waals surface area (Å²) in [4.78, 5) is 16.6. The molecule has 0 aliphatic rings. The van der Waals surface area contributed by atoms with Gasteiger partial charge in [-0.2, -0.15) is 0 Å². The Morgan fingerprint density at radius 1 is 1.45 bits per heavy atom. The molecular weight excluding hydrogens is 303 g/mol. The number of carbonyl (C=O) groups is 1. The van der Waals surface area contributed by atoms with Crippen LogP contribution < -0.4 is 16.6 Å². The van der Waals surface area contributed by atoms with Crippen molar-refractivity contribution in [3.05, 3.63) is 45.0 Å². The largest absolute Gasteiger partial charge is 0.352 e. The summed E-state index contributed by atoms with van der Waals surface area (Å²) < 4.78 is 14.5. The number of anilines is 1. The molecule has 0 aliphatic heterocycles. The Morgan fingerprint density at radius 3 is 2.90 bits per heavy atom. The lowest BCUT2D eigenvalue weighted by molar-refractivity contribution is 0.0950. The SMILES string of the molecule is NNc1nccc(C(=O)NCCc2ccc(Cl)s2)c1F. The van der Waals surface area contributed by atoms with Crippen LogP contribution in [0.5, 0.6) is 0 Å². The number of hydrogen-bond acceptors (Lipinski definition) is 5. The zero-order valence-electron chi connectivity index (χ0n) is 10.3. The van der Waals surface area contributed by atoms with Crippen LogP contribution in [0.4, 0.5) is 10.2 Å². The number of thiophene rings is 1. The van der Waals surface area contributed by atoms with Crippen LogP contribution in [0.25, 0.3) is 0 Å². The second-order valence-electron chi connectivity index (χ2n) is 3.88. The monoisotopic (exact) mass is 314 g/mol. The van der Waals surface area contributed by atoms with Crippen molar-refractivity contribution < 1.29 is 9.18 Å². The van der Waals surface area contributed by atoms with Gasteiger partial charge in [-0.05, 0) is 24.6 Å². The van der Waals surface area contributed by atoms with Gasteiger partial charge in [-0.15, -0.1) is 11.3 Å². The van der Waals surface area contributed by atoms with Crippen LogP contribution in [0.1, 0.15) is 15.2 Å². The lowest BCUT2D eigenvalue weighted by atomic mass is 10.2. The fraction of sp³-hybridized carbons (Fsp3) is 0.167. The summed E-state index contributed by atoms with van der Waals surface area (Å²) >= 11 is 7.26. The Bertz CT molecular complexity index is 619. The van der Waals surface area contributed by atoms with E-state index in [1.165, 1.54) is 23.6 Å². The summed E-state index contributed by atoms with van der Waals surface area (Å²) in [5, 5.41) is 2.64. The molecule has 0 unspecified atom stereocenters. The summed E-state index contributed by atoms with van der Waals surface area (Å²) in [6.45, 7) is 0.392. The summed E-state index contributed by atoms with van der Waals surface area (Å²) in [5.41, 5.74) is 2.00. The molecule has 0 saturated heterocycles. The second kappa shape index (κ2) is 6.65. The minimum atomic E-state index is -0.772. The Balaban J connectivity index is 1.95. The first-order chi connectivity index (χ1) is 9.61. The molecule has 2 rings (SSSR count). The molecule has 2 aromatic rings. The van der Waals surface area contributed by atoms with E-state index in [0.29, 0.717) is 17.3 Å². The maximum atomic E-state index is 13.8. The van der Waals surface area contributed by atoms with Gasteiger partial charge in [0, 0.05) is 17.6 Å². The lowest BCUT2D eigenvalue weighted by Gasteiger charge is -2.07. The van der Waals surface area contributed by atoms with Gasteiger partial charge in [-0.3, -0.25) is 4.79 Å². The van der Waals surface area contributed by atoms with E-state index in [1.54, 1.807) is 6.07 Å². The number of nitrogens with one attached hydrogen (secondary N) is 2. The number of rotatable bonds is 5. The van der Waals surface area contributed by atoms with E-state index in [9.17, 15) is 9.18 Å². The zero-order valence-corrected chi connectivity index (χ0v) is 11.9. The number of hydrogen-bond donors (Lipinski definition) is 3. The quantitative estimate of drug-likeness (QED) is 0.584. The highest BCUT2D eigenvalue weighted by atomic mass is 35.5. The molecule has 4 N–H and O–H groups in total. The summed E-state index contributed by atoms with van der Waals surface area (Å²) in [6.07, 6.45) is 1.95. The van der Waals surface area contributed by atoms with E-state index < -0.39 is 11.7 Å². The minimum Gasteiger partial charge on any atom is -0.352 e. The molecule has 0 saturated carbocycles. The molecule has 106 valence electrons. The zero-order chi connectivity index (χ0) is 14.5. The predicted octanol–water partition coefficient (Wildman–Crippen LogP) is 2.19. The molecule has 0 fully saturated rings. The van der Waals surface area contributed by atoms with Gasteiger partial charge in [0.15, 0.2) is 11.6 Å². The molecule has 8 heteroatoms. The highest BCUT2D eigenvalue weighted by Crippen LogP contribution is 2.21. The summed E-state index contributed by atoms with van der Waals surface area (Å²) in [5.74, 6) is 3.66. The van der Waals surface area contributed by atoms with Crippen molar-refractivity contribution in [1.82, 2.24) is 10.3 Å². The third kappa shape index (κ3) is 3.44. The topological polar surface area (TPSA) is 80.0 Å². The van der Waals surface area contributed by atoms with Crippen LogP contribution in [0.3, 0.4) is 0 Å². The number of nitrogens with zero attached hydrogens (tertiary/aromatic N) is 1. The molecule has 0 radical (unpaired) electrons. The van der Waals surface area contributed by atoms with Gasteiger partial charge >= 0.3 is 0 Å². The van der Waals surface area contributed by atoms with Crippen LogP contribution in [-0.2, 0) is 6.42 Å². The van der Waals surface area contributed by atoms with Crippen molar-refractivity contribution in [2.24, 2.45) is 5.84 Å². The van der Waals surface area contributed by atoms with Crippen LogP contribution in [0, 0.1) is 5.82 Å². The molecule has 1 amide bonds. The summed E-state index contributed by atoms with van der Waals surface area (Å²) in [6, 6.07) is 4.99. The first-order valence-corrected chi connectivity index (χ1v) is 6.95. The lowest BCUT2D eigenvalue weighted by Crippen LogP contribution is -2.27. The number of nitrogens with two attached hydrogens (primary N) is 1. The van der Waals surface area contributed by atoms with E-state index >= 15 is 0 Å². The number of aromatic nitrogens is 1. The highest BCUT2D eigenvalue weighted by molar-refractivity contribution is 7.16. The van der Waals surface area contributed by atoms with Gasteiger partial charge in [0.05, 0.1) is 9.90 Å². The van der Waals surface area contributed by atoms with Gasteiger partial charge in [0.1, 0.15) is 0 Å².